The van der Waals surface area contributed by atoms with Crippen LogP contribution in [0.5, 0.6) is 11.5 Å². The molecule has 2 N–H and O–H groups in total. The summed E-state index contributed by atoms with van der Waals surface area (Å²) in [5.74, 6) is 2.07. The molecule has 0 radical (unpaired) electrons. The summed E-state index contributed by atoms with van der Waals surface area (Å²) in [6.45, 7) is 5.21. The second-order valence-corrected chi connectivity index (χ2v) is 6.47. The van der Waals surface area contributed by atoms with E-state index in [1.807, 2.05) is 30.3 Å². The van der Waals surface area contributed by atoms with Crippen molar-refractivity contribution >= 4 is 23.5 Å². The number of nitrogens with one attached hydrogen (secondary N) is 2. The number of rotatable bonds is 5. The van der Waals surface area contributed by atoms with E-state index in [0.717, 1.165) is 22.6 Å². The predicted molar refractivity (Wildman–Crippen MR) is 103 cm³/mol. The summed E-state index contributed by atoms with van der Waals surface area (Å²) >= 11 is 5.23. The number of fused-ring (bicyclic) bond motifs is 1. The van der Waals surface area contributed by atoms with E-state index in [1.54, 1.807) is 6.21 Å². The molecule has 1 heterocycles. The summed E-state index contributed by atoms with van der Waals surface area (Å²) in [7, 11) is 0. The first kappa shape index (κ1) is 17.2. The van der Waals surface area contributed by atoms with E-state index in [0.29, 0.717) is 17.6 Å². The lowest BCUT2D eigenvalue weighted by molar-refractivity contribution is 0.174. The molecule has 0 saturated heterocycles. The molecule has 5 nitrogen and oxygen atoms in total. The standard InChI is InChI=1S/C19H21N3O2S/c1-13(2)16-6-3-14(4-7-16)11-21-22-19(25)20-10-15-5-8-17-18(9-15)24-12-23-17/h3-9,11,13H,10,12H2,1-2H3,(H2,20,22,25)/b21-11-. The topological polar surface area (TPSA) is 54.9 Å². The van der Waals surface area contributed by atoms with E-state index in [9.17, 15) is 0 Å². The molecule has 0 saturated carbocycles. The van der Waals surface area contributed by atoms with Gasteiger partial charge in [-0.05, 0) is 47.0 Å². The fraction of sp³-hybridized carbons (Fsp3) is 0.263. The SMILES string of the molecule is CC(C)c1ccc(/C=N\NC(=S)NCc2ccc3c(c2)OCO3)cc1. The van der Waals surface area contributed by atoms with E-state index >= 15 is 0 Å². The molecule has 130 valence electrons. The lowest BCUT2D eigenvalue weighted by Crippen LogP contribution is -2.31. The molecule has 6 heteroatoms. The van der Waals surface area contributed by atoms with Gasteiger partial charge in [0, 0.05) is 6.54 Å². The minimum absolute atomic E-state index is 0.277. The van der Waals surface area contributed by atoms with Crippen molar-refractivity contribution in [1.82, 2.24) is 10.7 Å². The molecule has 2 aromatic carbocycles. The highest BCUT2D eigenvalue weighted by molar-refractivity contribution is 7.80. The van der Waals surface area contributed by atoms with Crippen LogP contribution < -0.4 is 20.2 Å². The molecule has 25 heavy (non-hydrogen) atoms. The average molecular weight is 355 g/mol. The first-order chi connectivity index (χ1) is 12.1. The normalized spacial score (nSPS) is 12.6. The third kappa shape index (κ3) is 4.70. The fourth-order valence-corrected chi connectivity index (χ4v) is 2.53. The summed E-state index contributed by atoms with van der Waals surface area (Å²) in [5.41, 5.74) is 6.22. The third-order valence-electron chi connectivity index (χ3n) is 3.87. The van der Waals surface area contributed by atoms with Crippen molar-refractivity contribution in [1.29, 1.82) is 0 Å². The van der Waals surface area contributed by atoms with Crippen molar-refractivity contribution < 1.29 is 9.47 Å². The van der Waals surface area contributed by atoms with Crippen molar-refractivity contribution in [3.05, 3.63) is 59.2 Å². The molecule has 0 amide bonds. The van der Waals surface area contributed by atoms with E-state index in [1.165, 1.54) is 5.56 Å². The van der Waals surface area contributed by atoms with E-state index < -0.39 is 0 Å². The van der Waals surface area contributed by atoms with Gasteiger partial charge in [-0.25, -0.2) is 0 Å². The van der Waals surface area contributed by atoms with Crippen molar-refractivity contribution in [2.24, 2.45) is 5.10 Å². The number of hydrazone groups is 1. The highest BCUT2D eigenvalue weighted by atomic mass is 32.1. The second-order valence-electron chi connectivity index (χ2n) is 6.06. The lowest BCUT2D eigenvalue weighted by atomic mass is 10.0. The summed E-state index contributed by atoms with van der Waals surface area (Å²) in [4.78, 5) is 0. The van der Waals surface area contributed by atoms with E-state index in [2.05, 4.69) is 41.8 Å². The van der Waals surface area contributed by atoms with Crippen LogP contribution in [0.4, 0.5) is 0 Å². The van der Waals surface area contributed by atoms with Crippen LogP contribution in [-0.4, -0.2) is 18.1 Å². The van der Waals surface area contributed by atoms with Gasteiger partial charge in [-0.3, -0.25) is 5.43 Å². The summed E-state index contributed by atoms with van der Waals surface area (Å²) in [6.07, 6.45) is 1.75. The molecule has 2 aromatic rings. The van der Waals surface area contributed by atoms with Gasteiger partial charge in [0.05, 0.1) is 6.21 Å². The van der Waals surface area contributed by atoms with Crippen LogP contribution in [0.15, 0.2) is 47.6 Å². The number of hydrogen-bond acceptors (Lipinski definition) is 4. The van der Waals surface area contributed by atoms with Gasteiger partial charge >= 0.3 is 0 Å². The maximum atomic E-state index is 5.36. The highest BCUT2D eigenvalue weighted by Gasteiger charge is 2.12. The number of benzene rings is 2. The predicted octanol–water partition coefficient (Wildman–Crippen LogP) is 3.54. The van der Waals surface area contributed by atoms with Gasteiger partial charge in [-0.15, -0.1) is 0 Å². The van der Waals surface area contributed by atoms with Gasteiger partial charge in [0.25, 0.3) is 0 Å². The van der Waals surface area contributed by atoms with Gasteiger partial charge in [-0.2, -0.15) is 5.10 Å². The fourth-order valence-electron chi connectivity index (χ4n) is 2.41. The van der Waals surface area contributed by atoms with E-state index in [-0.39, 0.29) is 6.79 Å². The first-order valence-corrected chi connectivity index (χ1v) is 8.58. The monoisotopic (exact) mass is 355 g/mol. The Labute approximate surface area is 153 Å². The van der Waals surface area contributed by atoms with Crippen LogP contribution in [0, 0.1) is 0 Å². The number of hydrogen-bond donors (Lipinski definition) is 2. The Bertz CT molecular complexity index is 773. The highest BCUT2D eigenvalue weighted by Crippen LogP contribution is 2.32. The van der Waals surface area contributed by atoms with Gasteiger partial charge < -0.3 is 14.8 Å². The molecular weight excluding hydrogens is 334 g/mol. The van der Waals surface area contributed by atoms with Gasteiger partial charge in [-0.1, -0.05) is 44.2 Å². The Balaban J connectivity index is 1.46. The molecule has 0 fully saturated rings. The Morgan fingerprint density at radius 1 is 1.16 bits per heavy atom. The van der Waals surface area contributed by atoms with Crippen molar-refractivity contribution in [2.45, 2.75) is 26.3 Å². The largest absolute Gasteiger partial charge is 0.454 e. The molecule has 0 bridgehead atoms. The smallest absolute Gasteiger partial charge is 0.231 e. The summed E-state index contributed by atoms with van der Waals surface area (Å²) in [5, 5.41) is 7.74. The minimum atomic E-state index is 0.277. The first-order valence-electron chi connectivity index (χ1n) is 8.17. The van der Waals surface area contributed by atoms with Crippen molar-refractivity contribution in [2.75, 3.05) is 6.79 Å². The van der Waals surface area contributed by atoms with Crippen LogP contribution >= 0.6 is 12.2 Å². The van der Waals surface area contributed by atoms with Gasteiger partial charge in [0.1, 0.15) is 0 Å². The second kappa shape index (κ2) is 7.98. The Hall–Kier alpha value is -2.60. The van der Waals surface area contributed by atoms with Crippen LogP contribution in [0.25, 0.3) is 0 Å². The lowest BCUT2D eigenvalue weighted by Gasteiger charge is -2.08. The summed E-state index contributed by atoms with van der Waals surface area (Å²) in [6, 6.07) is 14.1. The molecule has 1 aliphatic heterocycles. The molecule has 3 rings (SSSR count). The molecule has 0 aliphatic carbocycles. The van der Waals surface area contributed by atoms with Crippen molar-refractivity contribution in [3.8, 4) is 11.5 Å². The zero-order valence-corrected chi connectivity index (χ0v) is 15.1. The van der Waals surface area contributed by atoms with Gasteiger partial charge in [0.2, 0.25) is 6.79 Å². The Morgan fingerprint density at radius 2 is 1.92 bits per heavy atom. The van der Waals surface area contributed by atoms with Crippen LogP contribution in [0.2, 0.25) is 0 Å². The molecule has 0 aromatic heterocycles. The van der Waals surface area contributed by atoms with E-state index in [4.69, 9.17) is 21.7 Å². The zero-order chi connectivity index (χ0) is 17.6. The molecule has 1 aliphatic rings. The molecule has 0 spiro atoms. The van der Waals surface area contributed by atoms with Crippen LogP contribution in [0.3, 0.4) is 0 Å². The Kier molecular flexibility index (Phi) is 5.50. The maximum Gasteiger partial charge on any atom is 0.231 e. The van der Waals surface area contributed by atoms with Crippen LogP contribution in [-0.2, 0) is 6.54 Å². The van der Waals surface area contributed by atoms with Crippen LogP contribution in [0.1, 0.15) is 36.5 Å². The molecular formula is C19H21N3O2S. The number of ether oxygens (including phenoxy) is 2. The third-order valence-corrected chi connectivity index (χ3v) is 4.11. The Morgan fingerprint density at radius 3 is 2.68 bits per heavy atom. The van der Waals surface area contributed by atoms with Crippen molar-refractivity contribution in [3.63, 3.8) is 0 Å². The molecule has 0 atom stereocenters. The summed E-state index contributed by atoms with van der Waals surface area (Å²) < 4.78 is 10.7. The maximum absolute atomic E-state index is 5.36. The quantitative estimate of drug-likeness (QED) is 0.488. The average Bonchev–Trinajstić information content (AvgIpc) is 3.08. The zero-order valence-electron chi connectivity index (χ0n) is 14.3. The number of nitrogens with zero attached hydrogens (tertiary/aromatic N) is 1. The molecule has 0 unspecified atom stereocenters. The number of thiocarbonyl (C=S) groups is 1. The van der Waals surface area contributed by atoms with Gasteiger partial charge in [0.15, 0.2) is 16.6 Å². The minimum Gasteiger partial charge on any atom is -0.454 e.